The van der Waals surface area contributed by atoms with Crippen LogP contribution in [0.3, 0.4) is 0 Å². The van der Waals surface area contributed by atoms with Gasteiger partial charge in [0.25, 0.3) is 0 Å². The van der Waals surface area contributed by atoms with Crippen LogP contribution in [0.1, 0.15) is 19.8 Å². The first-order valence-corrected chi connectivity index (χ1v) is 4.63. The van der Waals surface area contributed by atoms with Crippen LogP contribution < -0.4 is 0 Å². The van der Waals surface area contributed by atoms with Crippen molar-refractivity contribution in [3.63, 3.8) is 0 Å². The summed E-state index contributed by atoms with van der Waals surface area (Å²) in [5.41, 5.74) is 0. The Morgan fingerprint density at radius 3 is 2.54 bits per heavy atom. The number of esters is 1. The van der Waals surface area contributed by atoms with Crippen molar-refractivity contribution in [2.24, 2.45) is 5.92 Å². The number of nitrogens with zero attached hydrogens (tertiary/aromatic N) is 1. The zero-order valence-corrected chi connectivity index (χ0v) is 7.66. The molecule has 0 aromatic heterocycles. The molecular formula is C9H13NO3. The Bertz CT molecular complexity index is 243. The number of carbonyl (C=O) groups is 2. The highest BCUT2D eigenvalue weighted by Gasteiger charge is 2.42. The number of rotatable bonds is 1. The maximum absolute atomic E-state index is 11.6. The molecule has 0 N–H and O–H groups in total. The molecular weight excluding hydrogens is 170 g/mol. The average Bonchev–Trinajstić information content (AvgIpc) is 2.11. The van der Waals surface area contributed by atoms with Gasteiger partial charge in [0.05, 0.1) is 0 Å². The Labute approximate surface area is 76.8 Å². The molecule has 3 fully saturated rings. The zero-order valence-electron chi connectivity index (χ0n) is 7.66. The number of Topliss-reactive ketones (excluding diaryl/α,β-unsaturated/α-hetero) is 1. The molecule has 1 unspecified atom stereocenters. The summed E-state index contributed by atoms with van der Waals surface area (Å²) in [6.45, 7) is 3.11. The van der Waals surface area contributed by atoms with Crippen molar-refractivity contribution >= 4 is 11.8 Å². The standard InChI is InChI=1S/C9H13NO3/c1-6(11)13-9-8(12)7-2-4-10(9)5-3-7/h7,9H,2-5H2,1H3. The van der Waals surface area contributed by atoms with Gasteiger partial charge in [0.15, 0.2) is 5.78 Å². The van der Waals surface area contributed by atoms with Gasteiger partial charge in [-0.05, 0) is 12.8 Å². The first kappa shape index (κ1) is 8.69. The van der Waals surface area contributed by atoms with E-state index in [1.807, 2.05) is 4.90 Å². The summed E-state index contributed by atoms with van der Waals surface area (Å²) < 4.78 is 4.97. The van der Waals surface area contributed by atoms with E-state index >= 15 is 0 Å². The largest absolute Gasteiger partial charge is 0.439 e. The lowest BCUT2D eigenvalue weighted by Crippen LogP contribution is -2.56. The van der Waals surface area contributed by atoms with Crippen molar-refractivity contribution in [2.45, 2.75) is 26.0 Å². The van der Waals surface area contributed by atoms with E-state index < -0.39 is 6.23 Å². The van der Waals surface area contributed by atoms with Crippen LogP contribution >= 0.6 is 0 Å². The minimum atomic E-state index is -0.579. The predicted octanol–water partition coefficient (Wildman–Crippen LogP) is 0.170. The fourth-order valence-electron chi connectivity index (χ4n) is 2.09. The van der Waals surface area contributed by atoms with Crippen LogP contribution in [-0.4, -0.2) is 36.0 Å². The minimum Gasteiger partial charge on any atom is -0.439 e. The second-order valence-corrected chi connectivity index (χ2v) is 3.67. The number of ether oxygens (including phenoxy) is 1. The number of hydrogen-bond acceptors (Lipinski definition) is 4. The molecule has 0 aliphatic carbocycles. The summed E-state index contributed by atoms with van der Waals surface area (Å²) in [6.07, 6.45) is 1.28. The second-order valence-electron chi connectivity index (χ2n) is 3.67. The molecule has 2 bridgehead atoms. The zero-order chi connectivity index (χ0) is 9.42. The predicted molar refractivity (Wildman–Crippen MR) is 44.9 cm³/mol. The topological polar surface area (TPSA) is 46.6 Å². The van der Waals surface area contributed by atoms with Crippen molar-refractivity contribution in [2.75, 3.05) is 13.1 Å². The van der Waals surface area contributed by atoms with Gasteiger partial charge in [-0.2, -0.15) is 0 Å². The average molecular weight is 183 g/mol. The maximum atomic E-state index is 11.6. The number of ketones is 1. The Morgan fingerprint density at radius 1 is 1.46 bits per heavy atom. The normalized spacial score (nSPS) is 37.6. The van der Waals surface area contributed by atoms with Crippen LogP contribution in [0.4, 0.5) is 0 Å². The molecule has 0 amide bonds. The van der Waals surface area contributed by atoms with Crippen LogP contribution in [0, 0.1) is 5.92 Å². The fraction of sp³-hybridized carbons (Fsp3) is 0.778. The van der Waals surface area contributed by atoms with E-state index in [9.17, 15) is 9.59 Å². The van der Waals surface area contributed by atoms with Gasteiger partial charge in [0.1, 0.15) is 0 Å². The highest BCUT2D eigenvalue weighted by atomic mass is 16.6. The summed E-state index contributed by atoms with van der Waals surface area (Å²) >= 11 is 0. The molecule has 3 heterocycles. The molecule has 3 saturated heterocycles. The Kier molecular flexibility index (Phi) is 2.07. The maximum Gasteiger partial charge on any atom is 0.304 e. The smallest absolute Gasteiger partial charge is 0.304 e. The van der Waals surface area contributed by atoms with Crippen molar-refractivity contribution in [3.05, 3.63) is 0 Å². The highest BCUT2D eigenvalue weighted by Crippen LogP contribution is 2.29. The van der Waals surface area contributed by atoms with E-state index in [-0.39, 0.29) is 17.7 Å². The van der Waals surface area contributed by atoms with Crippen LogP contribution in [0.2, 0.25) is 0 Å². The van der Waals surface area contributed by atoms with E-state index in [4.69, 9.17) is 4.74 Å². The molecule has 13 heavy (non-hydrogen) atoms. The van der Waals surface area contributed by atoms with E-state index in [1.54, 1.807) is 0 Å². The van der Waals surface area contributed by atoms with Crippen LogP contribution in [0.25, 0.3) is 0 Å². The number of carbonyl (C=O) groups excluding carboxylic acids is 2. The molecule has 0 saturated carbocycles. The molecule has 0 radical (unpaired) electrons. The number of piperidine rings is 3. The summed E-state index contributed by atoms with van der Waals surface area (Å²) in [5.74, 6) is -0.145. The molecule has 0 spiro atoms. The van der Waals surface area contributed by atoms with Crippen molar-refractivity contribution in [3.8, 4) is 0 Å². The van der Waals surface area contributed by atoms with Gasteiger partial charge in [-0.25, -0.2) is 0 Å². The minimum absolute atomic E-state index is 0.0905. The molecule has 72 valence electrons. The monoisotopic (exact) mass is 183 g/mol. The summed E-state index contributed by atoms with van der Waals surface area (Å²) in [7, 11) is 0. The molecule has 4 heteroatoms. The summed E-state index contributed by atoms with van der Waals surface area (Å²) in [6, 6.07) is 0. The van der Waals surface area contributed by atoms with Gasteiger partial charge in [-0.3, -0.25) is 14.5 Å². The molecule has 4 nitrogen and oxygen atoms in total. The third-order valence-electron chi connectivity index (χ3n) is 2.78. The van der Waals surface area contributed by atoms with E-state index in [1.165, 1.54) is 6.92 Å². The lowest BCUT2D eigenvalue weighted by Gasteiger charge is -2.42. The first-order chi connectivity index (χ1) is 6.18. The van der Waals surface area contributed by atoms with Gasteiger partial charge < -0.3 is 4.74 Å². The van der Waals surface area contributed by atoms with Crippen LogP contribution in [0.15, 0.2) is 0 Å². The third kappa shape index (κ3) is 1.46. The number of fused-ring (bicyclic) bond motifs is 3. The molecule has 0 aromatic carbocycles. The van der Waals surface area contributed by atoms with Crippen molar-refractivity contribution in [1.82, 2.24) is 4.90 Å². The van der Waals surface area contributed by atoms with Gasteiger partial charge in [0.2, 0.25) is 6.23 Å². The van der Waals surface area contributed by atoms with Crippen molar-refractivity contribution < 1.29 is 14.3 Å². The fourth-order valence-corrected chi connectivity index (χ4v) is 2.09. The van der Waals surface area contributed by atoms with Gasteiger partial charge in [-0.1, -0.05) is 0 Å². The molecule has 3 aliphatic rings. The Morgan fingerprint density at radius 2 is 2.08 bits per heavy atom. The highest BCUT2D eigenvalue weighted by molar-refractivity contribution is 5.88. The van der Waals surface area contributed by atoms with E-state index in [2.05, 4.69) is 0 Å². The molecule has 3 rings (SSSR count). The van der Waals surface area contributed by atoms with Gasteiger partial charge in [0, 0.05) is 25.9 Å². The van der Waals surface area contributed by atoms with Gasteiger partial charge >= 0.3 is 5.97 Å². The molecule has 0 aromatic rings. The molecule has 1 atom stereocenters. The first-order valence-electron chi connectivity index (χ1n) is 4.63. The third-order valence-corrected chi connectivity index (χ3v) is 2.78. The lowest BCUT2D eigenvalue weighted by molar-refractivity contribution is -0.177. The Hall–Kier alpha value is -0.900. The molecule has 3 aliphatic heterocycles. The second kappa shape index (κ2) is 3.10. The Balaban J connectivity index is 2.09. The quantitative estimate of drug-likeness (QED) is 0.544. The van der Waals surface area contributed by atoms with Crippen molar-refractivity contribution in [1.29, 1.82) is 0 Å². The number of hydrogen-bond donors (Lipinski definition) is 0. The van der Waals surface area contributed by atoms with Crippen LogP contribution in [-0.2, 0) is 14.3 Å². The van der Waals surface area contributed by atoms with E-state index in [0.29, 0.717) is 0 Å². The van der Waals surface area contributed by atoms with Gasteiger partial charge in [-0.15, -0.1) is 0 Å². The summed E-state index contributed by atoms with van der Waals surface area (Å²) in [5, 5.41) is 0. The summed E-state index contributed by atoms with van der Waals surface area (Å²) in [4.78, 5) is 24.3. The van der Waals surface area contributed by atoms with Crippen LogP contribution in [0.5, 0.6) is 0 Å². The SMILES string of the molecule is CC(=O)OC1C(=O)C2CCN1CC2. The van der Waals surface area contributed by atoms with E-state index in [0.717, 1.165) is 25.9 Å². The lowest BCUT2D eigenvalue weighted by atomic mass is 9.86.